The second kappa shape index (κ2) is 6.85. The lowest BCUT2D eigenvalue weighted by Gasteiger charge is -2.05. The molecule has 114 valence electrons. The Morgan fingerprint density at radius 3 is 2.64 bits per heavy atom. The number of nitrogens with zero attached hydrogens (tertiary/aromatic N) is 3. The Hall–Kier alpha value is -2.68. The highest BCUT2D eigenvalue weighted by atomic mass is 32.2. The quantitative estimate of drug-likeness (QED) is 0.374. The fourth-order valence-electron chi connectivity index (χ4n) is 1.62. The van der Waals surface area contributed by atoms with Crippen LogP contribution in [0.5, 0.6) is 0 Å². The number of aryl methyl sites for hydroxylation is 1. The zero-order chi connectivity index (χ0) is 16.1. The van der Waals surface area contributed by atoms with Gasteiger partial charge < -0.3 is 11.1 Å². The summed E-state index contributed by atoms with van der Waals surface area (Å²) in [7, 11) is 0. The van der Waals surface area contributed by atoms with E-state index in [1.165, 1.54) is 24.3 Å². The molecule has 9 heteroatoms. The first-order chi connectivity index (χ1) is 10.4. The van der Waals surface area contributed by atoms with Gasteiger partial charge >= 0.3 is 0 Å². The molecule has 0 spiro atoms. The number of nitrogens with one attached hydrogen (secondary N) is 1. The number of nitrogens with two attached hydrogens (primary N) is 1. The molecule has 0 atom stereocenters. The van der Waals surface area contributed by atoms with Crippen molar-refractivity contribution in [2.45, 2.75) is 12.1 Å². The molecule has 22 heavy (non-hydrogen) atoms. The van der Waals surface area contributed by atoms with E-state index in [0.29, 0.717) is 16.7 Å². The molecule has 3 N–H and O–H groups in total. The van der Waals surface area contributed by atoms with Gasteiger partial charge in [-0.1, -0.05) is 11.8 Å². The van der Waals surface area contributed by atoms with Gasteiger partial charge in [-0.15, -0.1) is 0 Å². The molecule has 0 saturated carbocycles. The van der Waals surface area contributed by atoms with E-state index >= 15 is 0 Å². The van der Waals surface area contributed by atoms with Crippen LogP contribution < -0.4 is 11.1 Å². The summed E-state index contributed by atoms with van der Waals surface area (Å²) in [4.78, 5) is 30.0. The Morgan fingerprint density at radius 1 is 1.36 bits per heavy atom. The maximum atomic E-state index is 11.8. The highest BCUT2D eigenvalue weighted by Gasteiger charge is 2.08. The van der Waals surface area contributed by atoms with Crippen molar-refractivity contribution in [1.82, 2.24) is 9.97 Å². The molecule has 0 aliphatic carbocycles. The molecule has 2 rings (SSSR count). The molecule has 1 amide bonds. The Morgan fingerprint density at radius 2 is 2.05 bits per heavy atom. The zero-order valence-corrected chi connectivity index (χ0v) is 12.5. The first kappa shape index (κ1) is 15.7. The van der Waals surface area contributed by atoms with E-state index in [1.54, 1.807) is 13.0 Å². The number of thioether (sulfide) groups is 1. The SMILES string of the molecule is Cc1cc(N)nc(SCC(=O)Nc2ccc([N+](=O)[O-])cc2)n1. The Labute approximate surface area is 130 Å². The number of carbonyl (C=O) groups excluding carboxylic acids is 1. The third-order valence-electron chi connectivity index (χ3n) is 2.55. The van der Waals surface area contributed by atoms with E-state index in [2.05, 4.69) is 15.3 Å². The lowest BCUT2D eigenvalue weighted by Crippen LogP contribution is -2.14. The summed E-state index contributed by atoms with van der Waals surface area (Å²) in [6.07, 6.45) is 0. The molecule has 0 aliphatic heterocycles. The van der Waals surface area contributed by atoms with Crippen LogP contribution in [0.25, 0.3) is 0 Å². The van der Waals surface area contributed by atoms with Crippen molar-refractivity contribution in [3.05, 3.63) is 46.1 Å². The summed E-state index contributed by atoms with van der Waals surface area (Å²) in [5.41, 5.74) is 6.79. The second-order valence-electron chi connectivity index (χ2n) is 4.36. The Balaban J connectivity index is 1.91. The van der Waals surface area contributed by atoms with Gasteiger partial charge in [-0.2, -0.15) is 0 Å². The normalized spacial score (nSPS) is 10.2. The van der Waals surface area contributed by atoms with Crippen molar-refractivity contribution < 1.29 is 9.72 Å². The van der Waals surface area contributed by atoms with Crippen molar-refractivity contribution in [1.29, 1.82) is 0 Å². The van der Waals surface area contributed by atoms with Crippen LogP contribution in [0.3, 0.4) is 0 Å². The molecular weight excluding hydrogens is 306 g/mol. The largest absolute Gasteiger partial charge is 0.384 e. The number of nitro groups is 1. The fraction of sp³-hybridized carbons (Fsp3) is 0.154. The van der Waals surface area contributed by atoms with E-state index in [1.807, 2.05) is 0 Å². The van der Waals surface area contributed by atoms with Gasteiger partial charge in [-0.05, 0) is 19.1 Å². The number of nitro benzene ring substituents is 1. The maximum absolute atomic E-state index is 11.8. The minimum Gasteiger partial charge on any atom is -0.384 e. The molecule has 1 heterocycles. The monoisotopic (exact) mass is 319 g/mol. The van der Waals surface area contributed by atoms with Gasteiger partial charge in [0.15, 0.2) is 5.16 Å². The number of hydrogen-bond donors (Lipinski definition) is 2. The van der Waals surface area contributed by atoms with Gasteiger partial charge in [0.05, 0.1) is 10.7 Å². The van der Waals surface area contributed by atoms with Crippen LogP contribution in [-0.2, 0) is 4.79 Å². The van der Waals surface area contributed by atoms with Crippen LogP contribution in [0.4, 0.5) is 17.2 Å². The summed E-state index contributed by atoms with van der Waals surface area (Å²) in [5, 5.41) is 13.6. The summed E-state index contributed by atoms with van der Waals surface area (Å²) >= 11 is 1.16. The number of hydrogen-bond acceptors (Lipinski definition) is 7. The molecule has 0 unspecified atom stereocenters. The molecule has 0 radical (unpaired) electrons. The van der Waals surface area contributed by atoms with Crippen LogP contribution in [0, 0.1) is 17.0 Å². The van der Waals surface area contributed by atoms with Crippen molar-refractivity contribution in [3.8, 4) is 0 Å². The Bertz CT molecular complexity index is 685. The van der Waals surface area contributed by atoms with Gasteiger partial charge in [-0.3, -0.25) is 14.9 Å². The molecule has 1 aromatic heterocycles. The first-order valence-corrected chi connectivity index (χ1v) is 7.21. The van der Waals surface area contributed by atoms with Crippen molar-refractivity contribution in [2.75, 3.05) is 16.8 Å². The van der Waals surface area contributed by atoms with Crippen molar-refractivity contribution in [3.63, 3.8) is 0 Å². The highest BCUT2D eigenvalue weighted by molar-refractivity contribution is 7.99. The van der Waals surface area contributed by atoms with Crippen LogP contribution in [0.2, 0.25) is 0 Å². The molecule has 2 aromatic rings. The third kappa shape index (κ3) is 4.42. The van der Waals surface area contributed by atoms with Crippen LogP contribution >= 0.6 is 11.8 Å². The average molecular weight is 319 g/mol. The molecule has 0 aliphatic rings. The maximum Gasteiger partial charge on any atom is 0.269 e. The number of benzene rings is 1. The molecule has 0 bridgehead atoms. The molecule has 0 saturated heterocycles. The minimum atomic E-state index is -0.499. The number of non-ortho nitro benzene ring substituents is 1. The predicted molar refractivity (Wildman–Crippen MR) is 83.6 cm³/mol. The van der Waals surface area contributed by atoms with E-state index < -0.39 is 4.92 Å². The van der Waals surface area contributed by atoms with Crippen molar-refractivity contribution >= 4 is 34.9 Å². The lowest BCUT2D eigenvalue weighted by atomic mass is 10.3. The van der Waals surface area contributed by atoms with Gasteiger partial charge in [0, 0.05) is 29.6 Å². The van der Waals surface area contributed by atoms with Crippen LogP contribution in [0.1, 0.15) is 5.69 Å². The molecule has 8 nitrogen and oxygen atoms in total. The highest BCUT2D eigenvalue weighted by Crippen LogP contribution is 2.18. The third-order valence-corrected chi connectivity index (χ3v) is 3.40. The first-order valence-electron chi connectivity index (χ1n) is 6.22. The predicted octanol–water partition coefficient (Wildman–Crippen LogP) is 2.01. The van der Waals surface area contributed by atoms with Crippen molar-refractivity contribution in [2.24, 2.45) is 0 Å². The van der Waals surface area contributed by atoms with Gasteiger partial charge in [0.25, 0.3) is 5.69 Å². The van der Waals surface area contributed by atoms with Gasteiger partial charge in [-0.25, -0.2) is 9.97 Å². The van der Waals surface area contributed by atoms with Crippen LogP contribution in [0.15, 0.2) is 35.5 Å². The van der Waals surface area contributed by atoms with E-state index in [9.17, 15) is 14.9 Å². The molecular formula is C13H13N5O3S. The number of amides is 1. The standard InChI is InChI=1S/C13H13N5O3S/c1-8-6-11(14)17-13(15-8)22-7-12(19)16-9-2-4-10(5-3-9)18(20)21/h2-6H,7H2,1H3,(H,16,19)(H2,14,15,17). The van der Waals surface area contributed by atoms with E-state index in [4.69, 9.17) is 5.73 Å². The summed E-state index contributed by atoms with van der Waals surface area (Å²) in [6, 6.07) is 7.24. The number of anilines is 2. The summed E-state index contributed by atoms with van der Waals surface area (Å²) < 4.78 is 0. The minimum absolute atomic E-state index is 0.0315. The van der Waals surface area contributed by atoms with E-state index in [-0.39, 0.29) is 17.3 Å². The topological polar surface area (TPSA) is 124 Å². The number of aromatic nitrogens is 2. The fourth-order valence-corrected chi connectivity index (χ4v) is 2.33. The molecule has 0 fully saturated rings. The average Bonchev–Trinajstić information content (AvgIpc) is 2.45. The number of carbonyl (C=O) groups is 1. The number of nitrogen functional groups attached to an aromatic ring is 1. The summed E-state index contributed by atoms with van der Waals surface area (Å²) in [5.74, 6) is 0.202. The van der Waals surface area contributed by atoms with Gasteiger partial charge in [0.1, 0.15) is 5.82 Å². The second-order valence-corrected chi connectivity index (χ2v) is 5.30. The lowest BCUT2D eigenvalue weighted by molar-refractivity contribution is -0.384. The smallest absolute Gasteiger partial charge is 0.269 e. The van der Waals surface area contributed by atoms with E-state index in [0.717, 1.165) is 17.5 Å². The zero-order valence-electron chi connectivity index (χ0n) is 11.6. The van der Waals surface area contributed by atoms with Gasteiger partial charge in [0.2, 0.25) is 5.91 Å². The Kier molecular flexibility index (Phi) is 4.89. The number of rotatable bonds is 5. The molecule has 1 aromatic carbocycles. The summed E-state index contributed by atoms with van der Waals surface area (Å²) in [6.45, 7) is 1.79. The van der Waals surface area contributed by atoms with Crippen LogP contribution in [-0.4, -0.2) is 26.6 Å².